The zero-order chi connectivity index (χ0) is 14.2. The fourth-order valence-corrected chi connectivity index (χ4v) is 2.54. The molecule has 0 radical (unpaired) electrons. The van der Waals surface area contributed by atoms with Gasteiger partial charge in [-0.1, -0.05) is 12.1 Å². The minimum atomic E-state index is 1.02. The van der Waals surface area contributed by atoms with Crippen molar-refractivity contribution in [2.24, 2.45) is 0 Å². The fraction of sp³-hybridized carbons (Fsp3) is 0.0588. The summed E-state index contributed by atoms with van der Waals surface area (Å²) in [5.74, 6) is 0. The van der Waals surface area contributed by atoms with Crippen molar-refractivity contribution in [3.8, 4) is 11.4 Å². The molecule has 4 aromatic rings. The van der Waals surface area contributed by atoms with Crippen LogP contribution in [-0.2, 0) is 0 Å². The molecule has 4 rings (SSSR count). The highest BCUT2D eigenvalue weighted by molar-refractivity contribution is 5.78. The van der Waals surface area contributed by atoms with Crippen molar-refractivity contribution in [1.29, 1.82) is 0 Å². The monoisotopic (exact) mass is 274 g/mol. The van der Waals surface area contributed by atoms with E-state index in [9.17, 15) is 0 Å². The third-order valence-corrected chi connectivity index (χ3v) is 3.61. The van der Waals surface area contributed by atoms with Gasteiger partial charge in [-0.15, -0.1) is 0 Å². The maximum Gasteiger partial charge on any atom is 0.100 e. The third-order valence-electron chi connectivity index (χ3n) is 3.61. The van der Waals surface area contributed by atoms with Crippen LogP contribution in [0.3, 0.4) is 0 Å². The Bertz CT molecular complexity index is 904. The second kappa shape index (κ2) is 4.59. The second-order valence-electron chi connectivity index (χ2n) is 5.10. The molecule has 2 aromatic carbocycles. The Kier molecular flexibility index (Phi) is 2.60. The van der Waals surface area contributed by atoms with Gasteiger partial charge in [-0.25, -0.2) is 9.97 Å². The largest absolute Gasteiger partial charge is 0.306 e. The summed E-state index contributed by atoms with van der Waals surface area (Å²) in [5, 5.41) is 0. The molecule has 21 heavy (non-hydrogen) atoms. The van der Waals surface area contributed by atoms with E-state index in [4.69, 9.17) is 0 Å². The van der Waals surface area contributed by atoms with Crippen LogP contribution in [0, 0.1) is 6.92 Å². The number of nitrogens with zero attached hydrogens (tertiary/aromatic N) is 4. The zero-order valence-corrected chi connectivity index (χ0v) is 11.6. The van der Waals surface area contributed by atoms with E-state index in [-0.39, 0.29) is 0 Å². The quantitative estimate of drug-likeness (QED) is 0.560. The van der Waals surface area contributed by atoms with Gasteiger partial charge in [-0.3, -0.25) is 4.57 Å². The molecule has 2 heterocycles. The first kappa shape index (κ1) is 11.9. The molecule has 0 spiro atoms. The highest BCUT2D eigenvalue weighted by atomic mass is 15.1. The first-order valence-corrected chi connectivity index (χ1v) is 6.84. The highest BCUT2D eigenvalue weighted by Crippen LogP contribution is 2.21. The number of rotatable bonds is 2. The smallest absolute Gasteiger partial charge is 0.100 e. The van der Waals surface area contributed by atoms with E-state index in [2.05, 4.69) is 57.9 Å². The van der Waals surface area contributed by atoms with E-state index >= 15 is 0 Å². The van der Waals surface area contributed by atoms with Gasteiger partial charge in [0.25, 0.3) is 0 Å². The van der Waals surface area contributed by atoms with Crippen LogP contribution in [-0.4, -0.2) is 19.1 Å². The molecule has 0 amide bonds. The standard InChI is InChI=1S/C17H14N4/c1-13-5-6-17-16(9-13)19-12-21(17)15-4-2-3-14(10-15)20-8-7-18-11-20/h2-12H,1H3. The molecule has 0 aliphatic rings. The summed E-state index contributed by atoms with van der Waals surface area (Å²) in [4.78, 5) is 8.59. The lowest BCUT2D eigenvalue weighted by Crippen LogP contribution is -1.95. The van der Waals surface area contributed by atoms with E-state index in [1.165, 1.54) is 5.56 Å². The van der Waals surface area contributed by atoms with Crippen LogP contribution < -0.4 is 0 Å². The van der Waals surface area contributed by atoms with Crippen molar-refractivity contribution in [3.05, 3.63) is 73.1 Å². The molecule has 0 aliphatic carbocycles. The summed E-state index contributed by atoms with van der Waals surface area (Å²) in [6.07, 6.45) is 7.39. The Labute approximate surface area is 122 Å². The van der Waals surface area contributed by atoms with Crippen LogP contribution >= 0.6 is 0 Å². The van der Waals surface area contributed by atoms with E-state index in [1.54, 1.807) is 12.5 Å². The molecule has 2 aromatic heterocycles. The molecule has 0 fully saturated rings. The van der Waals surface area contributed by atoms with Crippen LogP contribution in [0.4, 0.5) is 0 Å². The Hall–Kier alpha value is -2.88. The fourth-order valence-electron chi connectivity index (χ4n) is 2.54. The number of imidazole rings is 2. The van der Waals surface area contributed by atoms with Crippen molar-refractivity contribution in [2.75, 3.05) is 0 Å². The van der Waals surface area contributed by atoms with E-state index < -0.39 is 0 Å². The van der Waals surface area contributed by atoms with Crippen molar-refractivity contribution >= 4 is 11.0 Å². The summed E-state index contributed by atoms with van der Waals surface area (Å²) >= 11 is 0. The van der Waals surface area contributed by atoms with Gasteiger partial charge in [0.1, 0.15) is 6.33 Å². The molecule has 4 nitrogen and oxygen atoms in total. The highest BCUT2D eigenvalue weighted by Gasteiger charge is 2.05. The molecular weight excluding hydrogens is 260 g/mol. The van der Waals surface area contributed by atoms with Gasteiger partial charge in [-0.2, -0.15) is 0 Å². The van der Waals surface area contributed by atoms with Gasteiger partial charge >= 0.3 is 0 Å². The molecule has 0 saturated heterocycles. The van der Waals surface area contributed by atoms with Gasteiger partial charge in [-0.05, 0) is 42.8 Å². The molecule has 0 aliphatic heterocycles. The summed E-state index contributed by atoms with van der Waals surface area (Å²) in [6, 6.07) is 14.6. The van der Waals surface area contributed by atoms with Gasteiger partial charge in [0.2, 0.25) is 0 Å². The Morgan fingerprint density at radius 2 is 1.86 bits per heavy atom. The van der Waals surface area contributed by atoms with Gasteiger partial charge < -0.3 is 4.57 Å². The average molecular weight is 274 g/mol. The molecule has 4 heteroatoms. The predicted molar refractivity (Wildman–Crippen MR) is 82.9 cm³/mol. The number of benzene rings is 2. The maximum absolute atomic E-state index is 4.49. The first-order valence-electron chi connectivity index (χ1n) is 6.84. The first-order chi connectivity index (χ1) is 10.3. The molecule has 0 saturated carbocycles. The van der Waals surface area contributed by atoms with Crippen LogP contribution in [0.5, 0.6) is 0 Å². The van der Waals surface area contributed by atoms with Crippen molar-refractivity contribution in [1.82, 2.24) is 19.1 Å². The number of aromatic nitrogens is 4. The van der Waals surface area contributed by atoms with Crippen molar-refractivity contribution < 1.29 is 0 Å². The van der Waals surface area contributed by atoms with Crippen LogP contribution in [0.15, 0.2) is 67.5 Å². The minimum Gasteiger partial charge on any atom is -0.306 e. The zero-order valence-electron chi connectivity index (χ0n) is 11.6. The normalized spacial score (nSPS) is 11.1. The molecule has 0 bridgehead atoms. The number of aryl methyl sites for hydroxylation is 1. The van der Waals surface area contributed by atoms with Crippen molar-refractivity contribution in [2.45, 2.75) is 6.92 Å². The van der Waals surface area contributed by atoms with Gasteiger partial charge in [0.05, 0.1) is 17.4 Å². The lowest BCUT2D eigenvalue weighted by Gasteiger charge is -2.08. The number of hydrogen-bond acceptors (Lipinski definition) is 2. The Morgan fingerprint density at radius 3 is 2.71 bits per heavy atom. The molecule has 0 unspecified atom stereocenters. The van der Waals surface area contributed by atoms with Crippen LogP contribution in [0.25, 0.3) is 22.4 Å². The maximum atomic E-state index is 4.49. The lowest BCUT2D eigenvalue weighted by molar-refractivity contribution is 1.03. The van der Waals surface area contributed by atoms with E-state index in [1.807, 2.05) is 23.2 Å². The van der Waals surface area contributed by atoms with E-state index in [0.717, 1.165) is 22.4 Å². The second-order valence-corrected chi connectivity index (χ2v) is 5.10. The summed E-state index contributed by atoms with van der Waals surface area (Å²) in [7, 11) is 0. The molecule has 0 N–H and O–H groups in total. The SMILES string of the molecule is Cc1ccc2c(c1)ncn2-c1cccc(-n2ccnc2)c1. The summed E-state index contributed by atoms with van der Waals surface area (Å²) in [5.41, 5.74) is 5.53. The summed E-state index contributed by atoms with van der Waals surface area (Å²) in [6.45, 7) is 2.08. The van der Waals surface area contributed by atoms with E-state index in [0.29, 0.717) is 0 Å². The third kappa shape index (κ3) is 2.01. The topological polar surface area (TPSA) is 35.6 Å². The average Bonchev–Trinajstić information content (AvgIpc) is 3.16. The lowest BCUT2D eigenvalue weighted by atomic mass is 10.2. The molecule has 0 atom stereocenters. The number of fused-ring (bicyclic) bond motifs is 1. The Morgan fingerprint density at radius 1 is 0.952 bits per heavy atom. The van der Waals surface area contributed by atoms with Crippen molar-refractivity contribution in [3.63, 3.8) is 0 Å². The number of hydrogen-bond donors (Lipinski definition) is 0. The minimum absolute atomic E-state index is 1.02. The molecule has 102 valence electrons. The van der Waals surface area contributed by atoms with Gasteiger partial charge in [0.15, 0.2) is 0 Å². The van der Waals surface area contributed by atoms with Gasteiger partial charge in [0, 0.05) is 23.8 Å². The summed E-state index contributed by atoms with van der Waals surface area (Å²) < 4.78 is 4.10. The van der Waals surface area contributed by atoms with Crippen LogP contribution in [0.2, 0.25) is 0 Å². The van der Waals surface area contributed by atoms with Crippen LogP contribution in [0.1, 0.15) is 5.56 Å². The Balaban J connectivity index is 1.87. The predicted octanol–water partition coefficient (Wildman–Crippen LogP) is 3.52. The molecular formula is C17H14N4.